The third-order valence-corrected chi connectivity index (χ3v) is 2.58. The predicted molar refractivity (Wildman–Crippen MR) is 67.6 cm³/mol. The summed E-state index contributed by atoms with van der Waals surface area (Å²) in [6.07, 6.45) is 1.39. The van der Waals surface area contributed by atoms with Crippen molar-refractivity contribution in [1.82, 2.24) is 10.3 Å². The maximum Gasteiger partial charge on any atom is 0.326 e. The zero-order chi connectivity index (χ0) is 13.9. The van der Waals surface area contributed by atoms with Gasteiger partial charge in [-0.25, -0.2) is 4.79 Å². The normalized spacial score (nSPS) is 12.9. The van der Waals surface area contributed by atoms with Gasteiger partial charge in [-0.05, 0) is 17.5 Å². The van der Waals surface area contributed by atoms with E-state index in [0.29, 0.717) is 5.02 Å². The molecule has 98 valence electrons. The summed E-state index contributed by atoms with van der Waals surface area (Å²) in [6.45, 7) is 5.20. The second kappa shape index (κ2) is 5.35. The molecule has 1 amide bonds. The summed E-state index contributed by atoms with van der Waals surface area (Å²) in [5.41, 5.74) is -0.502. The Morgan fingerprint density at radius 2 is 2.06 bits per heavy atom. The lowest BCUT2D eigenvalue weighted by Crippen LogP contribution is -2.49. The largest absolute Gasteiger partial charge is 0.480 e. The minimum Gasteiger partial charge on any atom is -0.480 e. The van der Waals surface area contributed by atoms with Gasteiger partial charge in [-0.1, -0.05) is 32.4 Å². The fraction of sp³-hybridized carbons (Fsp3) is 0.417. The first-order chi connectivity index (χ1) is 8.21. The molecule has 0 aliphatic carbocycles. The molecule has 0 bridgehead atoms. The molecule has 1 unspecified atom stereocenters. The number of aromatic nitrogens is 1. The van der Waals surface area contributed by atoms with E-state index < -0.39 is 23.3 Å². The van der Waals surface area contributed by atoms with Crippen LogP contribution in [0, 0.1) is 5.41 Å². The fourth-order valence-electron chi connectivity index (χ4n) is 1.38. The van der Waals surface area contributed by atoms with Crippen LogP contribution >= 0.6 is 11.6 Å². The van der Waals surface area contributed by atoms with Crippen LogP contribution in [0.25, 0.3) is 0 Å². The molecule has 0 saturated heterocycles. The summed E-state index contributed by atoms with van der Waals surface area (Å²) in [7, 11) is 0. The summed E-state index contributed by atoms with van der Waals surface area (Å²) >= 11 is 5.74. The summed E-state index contributed by atoms with van der Waals surface area (Å²) < 4.78 is 0. The number of carbonyl (C=O) groups is 2. The van der Waals surface area contributed by atoms with Crippen LogP contribution in [0.2, 0.25) is 5.02 Å². The van der Waals surface area contributed by atoms with Crippen molar-refractivity contribution in [2.45, 2.75) is 26.8 Å². The lowest BCUT2D eigenvalue weighted by Gasteiger charge is -2.27. The number of carboxylic acid groups (broad SMARTS) is 1. The minimum absolute atomic E-state index is 0.0954. The number of pyridine rings is 1. The first kappa shape index (κ1) is 14.4. The van der Waals surface area contributed by atoms with E-state index in [9.17, 15) is 9.59 Å². The maximum absolute atomic E-state index is 11.9. The number of hydrogen-bond donors (Lipinski definition) is 2. The van der Waals surface area contributed by atoms with Crippen LogP contribution in [0.3, 0.4) is 0 Å². The van der Waals surface area contributed by atoms with Crippen LogP contribution in [-0.2, 0) is 4.79 Å². The Labute approximate surface area is 110 Å². The maximum atomic E-state index is 11.9. The van der Waals surface area contributed by atoms with Gasteiger partial charge in [0.2, 0.25) is 0 Å². The van der Waals surface area contributed by atoms with Crippen molar-refractivity contribution in [3.05, 3.63) is 29.0 Å². The number of aliphatic carboxylic acids is 1. The second-order valence-electron chi connectivity index (χ2n) is 4.97. The van der Waals surface area contributed by atoms with E-state index in [1.807, 2.05) is 0 Å². The Balaban J connectivity index is 2.89. The smallest absolute Gasteiger partial charge is 0.326 e. The van der Waals surface area contributed by atoms with Crippen molar-refractivity contribution in [1.29, 1.82) is 0 Å². The van der Waals surface area contributed by atoms with Gasteiger partial charge in [0.15, 0.2) is 0 Å². The Morgan fingerprint density at radius 1 is 1.44 bits per heavy atom. The number of nitrogens with zero attached hydrogens (tertiary/aromatic N) is 1. The molecule has 0 aliphatic rings. The molecule has 1 heterocycles. The van der Waals surface area contributed by atoms with E-state index in [0.717, 1.165) is 0 Å². The summed E-state index contributed by atoms with van der Waals surface area (Å²) in [6, 6.07) is 1.93. The van der Waals surface area contributed by atoms with Crippen molar-refractivity contribution in [2.75, 3.05) is 0 Å². The second-order valence-corrected chi connectivity index (χ2v) is 5.41. The molecule has 0 spiro atoms. The van der Waals surface area contributed by atoms with Gasteiger partial charge in [0.25, 0.3) is 5.91 Å². The molecule has 0 radical (unpaired) electrons. The van der Waals surface area contributed by atoms with E-state index in [1.54, 1.807) is 20.8 Å². The van der Waals surface area contributed by atoms with Crippen LogP contribution in [-0.4, -0.2) is 28.0 Å². The van der Waals surface area contributed by atoms with E-state index in [4.69, 9.17) is 16.7 Å². The number of carboxylic acids is 1. The van der Waals surface area contributed by atoms with Gasteiger partial charge in [-0.15, -0.1) is 0 Å². The number of halogens is 1. The SMILES string of the molecule is CC(C)(C)C(NC(=O)c1cc(Cl)ccn1)C(=O)O. The number of rotatable bonds is 3. The molecule has 1 aromatic heterocycles. The molecule has 0 aliphatic heterocycles. The molecule has 6 heteroatoms. The highest BCUT2D eigenvalue weighted by molar-refractivity contribution is 6.30. The van der Waals surface area contributed by atoms with Gasteiger partial charge in [0.1, 0.15) is 11.7 Å². The highest BCUT2D eigenvalue weighted by Gasteiger charge is 2.33. The highest BCUT2D eigenvalue weighted by Crippen LogP contribution is 2.20. The third kappa shape index (κ3) is 3.70. The van der Waals surface area contributed by atoms with Gasteiger partial charge in [0.05, 0.1) is 0 Å². The molecular weight excluding hydrogens is 256 g/mol. The van der Waals surface area contributed by atoms with Gasteiger partial charge < -0.3 is 10.4 Å². The quantitative estimate of drug-likeness (QED) is 0.880. The van der Waals surface area contributed by atoms with Crippen molar-refractivity contribution in [3.8, 4) is 0 Å². The molecule has 1 atom stereocenters. The van der Waals surface area contributed by atoms with Gasteiger partial charge in [-0.2, -0.15) is 0 Å². The Hall–Kier alpha value is -1.62. The van der Waals surface area contributed by atoms with E-state index in [2.05, 4.69) is 10.3 Å². The molecule has 2 N–H and O–H groups in total. The van der Waals surface area contributed by atoms with Crippen LogP contribution < -0.4 is 5.32 Å². The van der Waals surface area contributed by atoms with Crippen LogP contribution in [0.1, 0.15) is 31.3 Å². The molecule has 1 aromatic rings. The molecule has 5 nitrogen and oxygen atoms in total. The average Bonchev–Trinajstić information content (AvgIpc) is 2.23. The van der Waals surface area contributed by atoms with E-state index in [-0.39, 0.29) is 5.69 Å². The Bertz CT molecular complexity index is 469. The molecule has 1 rings (SSSR count). The first-order valence-electron chi connectivity index (χ1n) is 5.37. The number of amides is 1. The van der Waals surface area contributed by atoms with Crippen LogP contribution in [0.4, 0.5) is 0 Å². The van der Waals surface area contributed by atoms with Crippen molar-refractivity contribution >= 4 is 23.5 Å². The topological polar surface area (TPSA) is 79.3 Å². The Morgan fingerprint density at radius 3 is 2.50 bits per heavy atom. The number of carbonyl (C=O) groups excluding carboxylic acids is 1. The van der Waals surface area contributed by atoms with Gasteiger partial charge in [0, 0.05) is 11.2 Å². The summed E-state index contributed by atoms with van der Waals surface area (Å²) in [5, 5.41) is 11.9. The molecule has 0 saturated carbocycles. The molecular formula is C12H15ClN2O3. The van der Waals surface area contributed by atoms with Gasteiger partial charge >= 0.3 is 5.97 Å². The summed E-state index contributed by atoms with van der Waals surface area (Å²) in [4.78, 5) is 26.8. The monoisotopic (exact) mass is 270 g/mol. The van der Waals surface area contributed by atoms with Gasteiger partial charge in [-0.3, -0.25) is 9.78 Å². The minimum atomic E-state index is -1.09. The van der Waals surface area contributed by atoms with Crippen LogP contribution in [0.5, 0.6) is 0 Å². The predicted octanol–water partition coefficient (Wildman–Crippen LogP) is 1.96. The highest BCUT2D eigenvalue weighted by atomic mass is 35.5. The van der Waals surface area contributed by atoms with E-state index in [1.165, 1.54) is 18.3 Å². The van der Waals surface area contributed by atoms with Crippen LogP contribution in [0.15, 0.2) is 18.3 Å². The zero-order valence-corrected chi connectivity index (χ0v) is 11.2. The zero-order valence-electron chi connectivity index (χ0n) is 10.4. The summed E-state index contributed by atoms with van der Waals surface area (Å²) in [5.74, 6) is -1.64. The average molecular weight is 271 g/mol. The van der Waals surface area contributed by atoms with Crippen molar-refractivity contribution < 1.29 is 14.7 Å². The van der Waals surface area contributed by atoms with Crippen molar-refractivity contribution in [2.24, 2.45) is 5.41 Å². The fourth-order valence-corrected chi connectivity index (χ4v) is 1.54. The number of nitrogens with one attached hydrogen (secondary N) is 1. The Kier molecular flexibility index (Phi) is 4.29. The third-order valence-electron chi connectivity index (χ3n) is 2.34. The molecule has 0 fully saturated rings. The lowest BCUT2D eigenvalue weighted by molar-refractivity contribution is -0.142. The first-order valence-corrected chi connectivity index (χ1v) is 5.75. The van der Waals surface area contributed by atoms with E-state index >= 15 is 0 Å². The lowest BCUT2D eigenvalue weighted by atomic mass is 9.86. The number of hydrogen-bond acceptors (Lipinski definition) is 3. The molecule has 0 aromatic carbocycles. The van der Waals surface area contributed by atoms with Crippen molar-refractivity contribution in [3.63, 3.8) is 0 Å². The molecule has 18 heavy (non-hydrogen) atoms. The standard InChI is InChI=1S/C12H15ClN2O3/c1-12(2,3)9(11(17)18)15-10(16)8-6-7(13)4-5-14-8/h4-6,9H,1-3H3,(H,15,16)(H,17,18).